The van der Waals surface area contributed by atoms with Crippen LogP contribution in [0.25, 0.3) is 0 Å². The summed E-state index contributed by atoms with van der Waals surface area (Å²) >= 11 is 0. The van der Waals surface area contributed by atoms with Gasteiger partial charge in [0.25, 0.3) is 5.91 Å². The van der Waals surface area contributed by atoms with Crippen molar-refractivity contribution in [3.05, 3.63) is 41.7 Å². The molecular formula is C20H27N5O3S. The first-order chi connectivity index (χ1) is 13.8. The maximum atomic E-state index is 12.9. The van der Waals surface area contributed by atoms with Crippen molar-refractivity contribution in [2.24, 2.45) is 13.0 Å². The molecule has 0 spiro atoms. The second kappa shape index (κ2) is 7.46. The van der Waals surface area contributed by atoms with Crippen molar-refractivity contribution >= 4 is 21.6 Å². The van der Waals surface area contributed by atoms with Gasteiger partial charge in [-0.1, -0.05) is 26.0 Å². The highest BCUT2D eigenvalue weighted by atomic mass is 32.2. The molecule has 1 atom stereocenters. The van der Waals surface area contributed by atoms with E-state index in [9.17, 15) is 13.2 Å². The Morgan fingerprint density at radius 2 is 1.90 bits per heavy atom. The number of rotatable bonds is 3. The number of hydrogen-bond donors (Lipinski definition) is 2. The van der Waals surface area contributed by atoms with Gasteiger partial charge in [-0.15, -0.1) is 0 Å². The molecule has 9 heteroatoms. The summed E-state index contributed by atoms with van der Waals surface area (Å²) in [6, 6.07) is 8.79. The minimum atomic E-state index is -3.53. The number of aromatic nitrogens is 2. The standard InChI is InChI=1S/C20H27N5O3S/c1-13(2)16-12-17(24(3)22-16)20(26)25-10-8-14(9-11-25)19-21-15-6-4-5-7-18(15)29(27,28)23-19/h4-7,12-14,19,21,23H,8-11H2,1-3H3. The van der Waals surface area contributed by atoms with Gasteiger partial charge in [0.15, 0.2) is 0 Å². The number of aryl methyl sites for hydroxylation is 1. The molecule has 2 aromatic rings. The summed E-state index contributed by atoms with van der Waals surface area (Å²) in [7, 11) is -1.73. The van der Waals surface area contributed by atoms with Crippen molar-refractivity contribution in [1.82, 2.24) is 19.4 Å². The van der Waals surface area contributed by atoms with Crippen LogP contribution in [0.15, 0.2) is 35.2 Å². The van der Waals surface area contributed by atoms with Crippen LogP contribution in [0.2, 0.25) is 0 Å². The van der Waals surface area contributed by atoms with Crippen LogP contribution in [-0.4, -0.2) is 48.3 Å². The van der Waals surface area contributed by atoms with Gasteiger partial charge in [0.1, 0.15) is 10.6 Å². The number of benzene rings is 1. The summed E-state index contributed by atoms with van der Waals surface area (Å²) in [6.45, 7) is 5.29. The molecule has 156 valence electrons. The maximum absolute atomic E-state index is 12.9. The molecule has 2 aliphatic heterocycles. The molecule has 0 radical (unpaired) electrons. The van der Waals surface area contributed by atoms with E-state index >= 15 is 0 Å². The van der Waals surface area contributed by atoms with Gasteiger partial charge in [-0.3, -0.25) is 9.48 Å². The van der Waals surface area contributed by atoms with Crippen LogP contribution in [0.3, 0.4) is 0 Å². The molecule has 29 heavy (non-hydrogen) atoms. The summed E-state index contributed by atoms with van der Waals surface area (Å²) in [5.74, 6) is 0.356. The first-order valence-corrected chi connectivity index (χ1v) is 11.5. The quantitative estimate of drug-likeness (QED) is 0.798. The Balaban J connectivity index is 1.43. The largest absolute Gasteiger partial charge is 0.368 e. The van der Waals surface area contributed by atoms with Crippen LogP contribution >= 0.6 is 0 Å². The fourth-order valence-electron chi connectivity index (χ4n) is 4.03. The Bertz CT molecular complexity index is 1020. The fraction of sp³-hybridized carbons (Fsp3) is 0.500. The van der Waals surface area contributed by atoms with Crippen molar-refractivity contribution in [3.63, 3.8) is 0 Å². The molecule has 3 heterocycles. The third-order valence-corrected chi connectivity index (χ3v) is 7.28. The highest BCUT2D eigenvalue weighted by molar-refractivity contribution is 7.89. The Hall–Kier alpha value is -2.39. The Morgan fingerprint density at radius 3 is 2.55 bits per heavy atom. The zero-order chi connectivity index (χ0) is 20.8. The molecule has 4 rings (SSSR count). The van der Waals surface area contributed by atoms with Crippen LogP contribution in [0.4, 0.5) is 5.69 Å². The molecule has 1 aromatic carbocycles. The molecule has 1 fully saturated rings. The first-order valence-electron chi connectivity index (χ1n) is 9.97. The number of likely N-dealkylation sites (tertiary alicyclic amines) is 1. The lowest BCUT2D eigenvalue weighted by atomic mass is 9.93. The van der Waals surface area contributed by atoms with Crippen molar-refractivity contribution < 1.29 is 13.2 Å². The van der Waals surface area contributed by atoms with E-state index in [2.05, 4.69) is 29.0 Å². The predicted octanol–water partition coefficient (Wildman–Crippen LogP) is 2.13. The second-order valence-corrected chi connectivity index (χ2v) is 9.78. The van der Waals surface area contributed by atoms with Gasteiger partial charge in [0.2, 0.25) is 10.0 Å². The minimum Gasteiger partial charge on any atom is -0.368 e. The molecule has 0 aliphatic carbocycles. The number of carbonyl (C=O) groups excluding carboxylic acids is 1. The zero-order valence-corrected chi connectivity index (χ0v) is 17.7. The van der Waals surface area contributed by atoms with E-state index in [4.69, 9.17) is 0 Å². The molecule has 1 amide bonds. The number of nitrogens with zero attached hydrogens (tertiary/aromatic N) is 3. The molecule has 8 nitrogen and oxygen atoms in total. The lowest BCUT2D eigenvalue weighted by molar-refractivity contribution is 0.0668. The summed E-state index contributed by atoms with van der Waals surface area (Å²) in [4.78, 5) is 15.1. The average Bonchev–Trinajstić information content (AvgIpc) is 3.09. The van der Waals surface area contributed by atoms with E-state index in [1.165, 1.54) is 0 Å². The fourth-order valence-corrected chi connectivity index (χ4v) is 5.42. The number of piperidine rings is 1. The van der Waals surface area contributed by atoms with Gasteiger partial charge < -0.3 is 10.2 Å². The van der Waals surface area contributed by atoms with Crippen LogP contribution in [0, 0.1) is 5.92 Å². The average molecular weight is 418 g/mol. The molecule has 0 saturated carbocycles. The van der Waals surface area contributed by atoms with Crippen molar-refractivity contribution in [2.75, 3.05) is 18.4 Å². The number of anilines is 1. The highest BCUT2D eigenvalue weighted by Gasteiger charge is 2.36. The molecule has 2 aliphatic rings. The normalized spacial score (nSPS) is 21.7. The lowest BCUT2D eigenvalue weighted by Gasteiger charge is -2.38. The number of amides is 1. The third kappa shape index (κ3) is 3.76. The summed E-state index contributed by atoms with van der Waals surface area (Å²) < 4.78 is 29.5. The number of para-hydroxylation sites is 1. The third-order valence-electron chi connectivity index (χ3n) is 5.78. The highest BCUT2D eigenvalue weighted by Crippen LogP contribution is 2.31. The predicted molar refractivity (Wildman–Crippen MR) is 110 cm³/mol. The zero-order valence-electron chi connectivity index (χ0n) is 16.9. The van der Waals surface area contributed by atoms with Crippen molar-refractivity contribution in [2.45, 2.75) is 43.7 Å². The summed E-state index contributed by atoms with van der Waals surface area (Å²) in [6.07, 6.45) is 1.09. The van der Waals surface area contributed by atoms with Crippen LogP contribution < -0.4 is 10.0 Å². The SMILES string of the molecule is CC(C)c1cc(C(=O)N2CCC(C3Nc4ccccc4S(=O)(=O)N3)CC2)n(C)n1. The molecular weight excluding hydrogens is 390 g/mol. The van der Waals surface area contributed by atoms with E-state index in [0.29, 0.717) is 24.5 Å². The Morgan fingerprint density at radius 1 is 1.21 bits per heavy atom. The minimum absolute atomic E-state index is 0.0205. The Kier molecular flexibility index (Phi) is 5.12. The summed E-state index contributed by atoms with van der Waals surface area (Å²) in [5.41, 5.74) is 2.13. The van der Waals surface area contributed by atoms with E-state index in [0.717, 1.165) is 18.5 Å². The van der Waals surface area contributed by atoms with Gasteiger partial charge in [0, 0.05) is 20.1 Å². The van der Waals surface area contributed by atoms with Crippen LogP contribution in [-0.2, 0) is 17.1 Å². The topological polar surface area (TPSA) is 96.3 Å². The van der Waals surface area contributed by atoms with E-state index in [-0.39, 0.29) is 28.8 Å². The number of nitrogens with one attached hydrogen (secondary N) is 2. The molecule has 1 aromatic heterocycles. The molecule has 2 N–H and O–H groups in total. The van der Waals surface area contributed by atoms with E-state index in [1.54, 1.807) is 29.9 Å². The smallest absolute Gasteiger partial charge is 0.272 e. The van der Waals surface area contributed by atoms with Crippen molar-refractivity contribution in [3.8, 4) is 0 Å². The van der Waals surface area contributed by atoms with E-state index < -0.39 is 10.0 Å². The number of fused-ring (bicyclic) bond motifs is 1. The van der Waals surface area contributed by atoms with Gasteiger partial charge in [0.05, 0.1) is 17.5 Å². The first kappa shape index (κ1) is 19.9. The van der Waals surface area contributed by atoms with Gasteiger partial charge in [-0.2, -0.15) is 9.82 Å². The molecule has 1 unspecified atom stereocenters. The lowest BCUT2D eigenvalue weighted by Crippen LogP contribution is -2.52. The van der Waals surface area contributed by atoms with Gasteiger partial charge in [-0.25, -0.2) is 8.42 Å². The van der Waals surface area contributed by atoms with Crippen LogP contribution in [0.1, 0.15) is 48.8 Å². The van der Waals surface area contributed by atoms with Crippen LogP contribution in [0.5, 0.6) is 0 Å². The molecule has 1 saturated heterocycles. The summed E-state index contributed by atoms with van der Waals surface area (Å²) in [5, 5.41) is 7.75. The maximum Gasteiger partial charge on any atom is 0.272 e. The molecule has 0 bridgehead atoms. The second-order valence-electron chi connectivity index (χ2n) is 8.10. The Labute approximate surface area is 171 Å². The number of sulfonamides is 1. The number of hydrogen-bond acceptors (Lipinski definition) is 5. The van der Waals surface area contributed by atoms with Crippen molar-refractivity contribution in [1.29, 1.82) is 0 Å². The van der Waals surface area contributed by atoms with Gasteiger partial charge in [-0.05, 0) is 42.9 Å². The van der Waals surface area contributed by atoms with Gasteiger partial charge >= 0.3 is 0 Å². The number of carbonyl (C=O) groups is 1. The monoisotopic (exact) mass is 417 g/mol. The van der Waals surface area contributed by atoms with E-state index in [1.807, 2.05) is 17.0 Å².